The lowest BCUT2D eigenvalue weighted by Crippen LogP contribution is -2.15. The molecule has 3 heteroatoms. The normalized spacial score (nSPS) is 12.3. The van der Waals surface area contributed by atoms with E-state index in [4.69, 9.17) is 4.76 Å². The van der Waals surface area contributed by atoms with Crippen LogP contribution in [-0.2, 0) is 4.57 Å². The Morgan fingerprint density at radius 2 is 1.19 bits per heavy atom. The number of nitrogens with zero attached hydrogens (tertiary/aromatic N) is 1. The molecule has 4 aromatic carbocycles. The zero-order valence-electron chi connectivity index (χ0n) is 15.1. The molecule has 0 heterocycles. The Morgan fingerprint density at radius 3 is 1.78 bits per heavy atom. The number of rotatable bonds is 4. The van der Waals surface area contributed by atoms with Gasteiger partial charge in [0.15, 0.2) is 0 Å². The Labute approximate surface area is 159 Å². The first-order chi connectivity index (χ1) is 13.2. The summed E-state index contributed by atoms with van der Waals surface area (Å²) >= 11 is 0. The smallest absolute Gasteiger partial charge is 0.247 e. The lowest BCUT2D eigenvalue weighted by atomic mass is 10.1. The fourth-order valence-corrected chi connectivity index (χ4v) is 5.43. The predicted octanol–water partition coefficient (Wildman–Crippen LogP) is 5.58. The second kappa shape index (κ2) is 7.34. The molecule has 0 amide bonds. The van der Waals surface area contributed by atoms with Crippen molar-refractivity contribution in [2.45, 2.75) is 6.92 Å². The Hall–Kier alpha value is -2.96. The number of hydrogen-bond acceptors (Lipinski definition) is 1. The molecule has 0 fully saturated rings. The van der Waals surface area contributed by atoms with Crippen molar-refractivity contribution in [1.82, 2.24) is 0 Å². The summed E-state index contributed by atoms with van der Waals surface area (Å²) in [5.41, 5.74) is 1.76. The van der Waals surface area contributed by atoms with Gasteiger partial charge in [0, 0.05) is 16.3 Å². The van der Waals surface area contributed by atoms with Crippen molar-refractivity contribution in [2.75, 3.05) is 0 Å². The molecule has 0 saturated heterocycles. The van der Waals surface area contributed by atoms with Gasteiger partial charge < -0.3 is 0 Å². The van der Waals surface area contributed by atoms with Gasteiger partial charge in [-0.1, -0.05) is 72.8 Å². The third kappa shape index (κ3) is 3.49. The standard InChI is InChI=1S/C24H20NOP/c1-19(21-17-16-20-10-8-9-11-22(20)18-21)25-27(26,23-12-4-2-5-13-23)24-14-6-3-7-15-24/h2-18H,1H3/b25-19+. The van der Waals surface area contributed by atoms with Gasteiger partial charge in [-0.3, -0.25) is 4.57 Å². The largest absolute Gasteiger partial charge is 0.288 e. The van der Waals surface area contributed by atoms with Gasteiger partial charge in [-0.05, 0) is 53.6 Å². The fraction of sp³-hybridized carbons (Fsp3) is 0.0417. The van der Waals surface area contributed by atoms with Gasteiger partial charge in [0.1, 0.15) is 0 Å². The lowest BCUT2D eigenvalue weighted by molar-refractivity contribution is 0.588. The van der Waals surface area contributed by atoms with E-state index >= 15 is 0 Å². The number of hydrogen-bond donors (Lipinski definition) is 0. The van der Waals surface area contributed by atoms with E-state index in [9.17, 15) is 4.57 Å². The van der Waals surface area contributed by atoms with E-state index < -0.39 is 7.29 Å². The second-order valence-corrected chi connectivity index (χ2v) is 8.88. The maximum Gasteiger partial charge on any atom is 0.247 e. The summed E-state index contributed by atoms with van der Waals surface area (Å²) in [5, 5.41) is 3.83. The number of fused-ring (bicyclic) bond motifs is 1. The van der Waals surface area contributed by atoms with Crippen molar-refractivity contribution in [3.63, 3.8) is 0 Å². The Morgan fingerprint density at radius 1 is 0.667 bits per heavy atom. The molecule has 0 aliphatic rings. The van der Waals surface area contributed by atoms with Gasteiger partial charge in [-0.2, -0.15) is 0 Å². The van der Waals surface area contributed by atoms with Crippen LogP contribution in [0.4, 0.5) is 0 Å². The van der Waals surface area contributed by atoms with Crippen LogP contribution >= 0.6 is 7.29 Å². The molecule has 0 bridgehead atoms. The number of benzene rings is 4. The first-order valence-corrected chi connectivity index (χ1v) is 10.6. The van der Waals surface area contributed by atoms with E-state index in [0.29, 0.717) is 0 Å². The van der Waals surface area contributed by atoms with Gasteiger partial charge in [0.05, 0.1) is 0 Å². The van der Waals surface area contributed by atoms with Crippen LogP contribution in [-0.4, -0.2) is 5.71 Å². The SMILES string of the molecule is C/C(=N\P(=O)(c1ccccc1)c1ccccc1)c1ccc2ccccc2c1. The highest BCUT2D eigenvalue weighted by Gasteiger charge is 2.26. The van der Waals surface area contributed by atoms with Crippen molar-refractivity contribution in [3.05, 3.63) is 109 Å². The van der Waals surface area contributed by atoms with E-state index in [2.05, 4.69) is 24.3 Å². The van der Waals surface area contributed by atoms with Crippen LogP contribution in [0.15, 0.2) is 108 Å². The summed E-state index contributed by atoms with van der Waals surface area (Å²) < 4.78 is 18.9. The van der Waals surface area contributed by atoms with Crippen LogP contribution in [0.3, 0.4) is 0 Å². The molecular weight excluding hydrogens is 349 g/mol. The molecule has 2 nitrogen and oxygen atoms in total. The first-order valence-electron chi connectivity index (χ1n) is 8.94. The van der Waals surface area contributed by atoms with Gasteiger partial charge in [-0.15, -0.1) is 0 Å². The summed E-state index contributed by atoms with van der Waals surface area (Å²) in [5.74, 6) is 0. The summed E-state index contributed by atoms with van der Waals surface area (Å²) in [7, 11) is -3.12. The van der Waals surface area contributed by atoms with E-state index in [1.165, 1.54) is 5.39 Å². The van der Waals surface area contributed by atoms with Crippen LogP contribution in [0, 0.1) is 0 Å². The van der Waals surface area contributed by atoms with E-state index in [-0.39, 0.29) is 0 Å². The monoisotopic (exact) mass is 369 g/mol. The molecule has 0 unspecified atom stereocenters. The van der Waals surface area contributed by atoms with Crippen molar-refractivity contribution in [1.29, 1.82) is 0 Å². The summed E-state index contributed by atoms with van der Waals surface area (Å²) in [6.07, 6.45) is 0. The molecule has 0 atom stereocenters. The van der Waals surface area contributed by atoms with Gasteiger partial charge in [0.25, 0.3) is 0 Å². The van der Waals surface area contributed by atoms with Crippen LogP contribution in [0.1, 0.15) is 12.5 Å². The third-order valence-corrected chi connectivity index (χ3v) is 7.25. The van der Waals surface area contributed by atoms with Crippen LogP contribution in [0.5, 0.6) is 0 Å². The Kier molecular flexibility index (Phi) is 4.75. The second-order valence-electron chi connectivity index (χ2n) is 6.49. The topological polar surface area (TPSA) is 29.4 Å². The predicted molar refractivity (Wildman–Crippen MR) is 116 cm³/mol. The van der Waals surface area contributed by atoms with E-state index in [0.717, 1.165) is 27.3 Å². The van der Waals surface area contributed by atoms with Gasteiger partial charge in [-0.25, -0.2) is 4.76 Å². The van der Waals surface area contributed by atoms with Crippen LogP contribution in [0.25, 0.3) is 10.8 Å². The minimum Gasteiger partial charge on any atom is -0.288 e. The van der Waals surface area contributed by atoms with Gasteiger partial charge in [0.2, 0.25) is 7.29 Å². The lowest BCUT2D eigenvalue weighted by Gasteiger charge is -2.16. The molecule has 0 aliphatic carbocycles. The zero-order valence-corrected chi connectivity index (χ0v) is 16.0. The molecule has 0 N–H and O–H groups in total. The molecule has 4 aromatic rings. The molecule has 132 valence electrons. The molecular formula is C24H20NOP. The first kappa shape index (κ1) is 17.5. The summed E-state index contributed by atoms with van der Waals surface area (Å²) in [6.45, 7) is 1.93. The highest BCUT2D eigenvalue weighted by molar-refractivity contribution is 7.77. The minimum absolute atomic E-state index is 0.747. The minimum atomic E-state index is -3.12. The van der Waals surface area contributed by atoms with Crippen LogP contribution < -0.4 is 10.6 Å². The molecule has 0 spiro atoms. The quantitative estimate of drug-likeness (QED) is 0.341. The Bertz CT molecular complexity index is 1110. The summed E-state index contributed by atoms with van der Waals surface area (Å²) in [6, 6.07) is 33.5. The maximum atomic E-state index is 14.1. The summed E-state index contributed by atoms with van der Waals surface area (Å²) in [4.78, 5) is 0. The third-order valence-electron chi connectivity index (χ3n) is 4.67. The molecule has 0 aromatic heterocycles. The molecule has 0 saturated carbocycles. The molecule has 4 rings (SSSR count). The highest BCUT2D eigenvalue weighted by Crippen LogP contribution is 2.45. The average molecular weight is 369 g/mol. The van der Waals surface area contributed by atoms with Crippen molar-refractivity contribution < 1.29 is 4.57 Å². The van der Waals surface area contributed by atoms with E-state index in [1.54, 1.807) is 0 Å². The van der Waals surface area contributed by atoms with Gasteiger partial charge >= 0.3 is 0 Å². The Balaban J connectivity index is 1.86. The average Bonchev–Trinajstić information content (AvgIpc) is 2.74. The van der Waals surface area contributed by atoms with Crippen molar-refractivity contribution in [2.24, 2.45) is 4.76 Å². The molecule has 27 heavy (non-hydrogen) atoms. The van der Waals surface area contributed by atoms with Crippen molar-refractivity contribution >= 4 is 34.4 Å². The van der Waals surface area contributed by atoms with E-state index in [1.807, 2.05) is 85.8 Å². The molecule has 0 radical (unpaired) electrons. The zero-order chi connectivity index (χ0) is 18.7. The fourth-order valence-electron chi connectivity index (χ4n) is 3.21. The van der Waals surface area contributed by atoms with Crippen molar-refractivity contribution in [3.8, 4) is 0 Å². The van der Waals surface area contributed by atoms with Crippen LogP contribution in [0.2, 0.25) is 0 Å². The molecule has 0 aliphatic heterocycles. The highest BCUT2D eigenvalue weighted by atomic mass is 31.2. The maximum absolute atomic E-state index is 14.1.